The van der Waals surface area contributed by atoms with E-state index in [-0.39, 0.29) is 29.1 Å². The Morgan fingerprint density at radius 3 is 2.13 bits per heavy atom. The summed E-state index contributed by atoms with van der Waals surface area (Å²) in [6, 6.07) is 16.9. The number of nitrogens with one attached hydrogen (secondary N) is 1. The van der Waals surface area contributed by atoms with Gasteiger partial charge in [0.2, 0.25) is 11.8 Å². The van der Waals surface area contributed by atoms with Crippen LogP contribution in [-0.2, 0) is 26.2 Å². The standard InChI is InChI=1S/C28H31ClFN3O4S/c1-19(2)31-28(35)21(4)32(17-22-7-5-6-8-26(22)29)27(34)18-33(24-13-9-20(3)10-14-24)38(36,37)25-15-11-23(30)12-16-25/h5-16,19,21H,17-18H2,1-4H3,(H,31,35)/t21-/m0/s1. The van der Waals surface area contributed by atoms with E-state index in [1.54, 1.807) is 69.3 Å². The van der Waals surface area contributed by atoms with Crippen LogP contribution in [0.5, 0.6) is 0 Å². The summed E-state index contributed by atoms with van der Waals surface area (Å²) in [4.78, 5) is 27.9. The van der Waals surface area contributed by atoms with Gasteiger partial charge in [0.15, 0.2) is 0 Å². The number of aryl methyl sites for hydroxylation is 1. The predicted octanol–water partition coefficient (Wildman–Crippen LogP) is 4.92. The third-order valence-corrected chi connectivity index (χ3v) is 8.06. The van der Waals surface area contributed by atoms with Crippen LogP contribution in [0, 0.1) is 12.7 Å². The largest absolute Gasteiger partial charge is 0.352 e. The minimum atomic E-state index is -4.27. The zero-order valence-electron chi connectivity index (χ0n) is 21.7. The van der Waals surface area contributed by atoms with Crippen LogP contribution in [0.2, 0.25) is 5.02 Å². The summed E-state index contributed by atoms with van der Waals surface area (Å²) in [7, 11) is -4.27. The molecule has 38 heavy (non-hydrogen) atoms. The average molecular weight is 560 g/mol. The topological polar surface area (TPSA) is 86.8 Å². The van der Waals surface area contributed by atoms with E-state index in [0.717, 1.165) is 34.1 Å². The molecule has 0 spiro atoms. The number of benzene rings is 3. The van der Waals surface area contributed by atoms with Gasteiger partial charge in [-0.2, -0.15) is 0 Å². The van der Waals surface area contributed by atoms with Gasteiger partial charge in [0.1, 0.15) is 18.4 Å². The first kappa shape index (κ1) is 29.1. The highest BCUT2D eigenvalue weighted by Crippen LogP contribution is 2.26. The van der Waals surface area contributed by atoms with Crippen LogP contribution in [0.3, 0.4) is 0 Å². The number of carbonyl (C=O) groups is 2. The second-order valence-electron chi connectivity index (χ2n) is 9.25. The number of anilines is 1. The summed E-state index contributed by atoms with van der Waals surface area (Å²) in [6.45, 7) is 6.44. The van der Waals surface area contributed by atoms with Crippen molar-refractivity contribution in [3.8, 4) is 0 Å². The van der Waals surface area contributed by atoms with Gasteiger partial charge in [0.05, 0.1) is 10.6 Å². The van der Waals surface area contributed by atoms with Crippen LogP contribution in [-0.4, -0.2) is 43.8 Å². The molecular weight excluding hydrogens is 529 g/mol. The van der Waals surface area contributed by atoms with Crippen molar-refractivity contribution in [2.24, 2.45) is 0 Å². The lowest BCUT2D eigenvalue weighted by atomic mass is 10.1. The van der Waals surface area contributed by atoms with Gasteiger partial charge in [0, 0.05) is 17.6 Å². The van der Waals surface area contributed by atoms with Crippen molar-refractivity contribution in [1.82, 2.24) is 10.2 Å². The molecule has 1 atom stereocenters. The molecule has 0 unspecified atom stereocenters. The molecule has 3 aromatic carbocycles. The van der Waals surface area contributed by atoms with Crippen LogP contribution >= 0.6 is 11.6 Å². The van der Waals surface area contributed by atoms with E-state index in [4.69, 9.17) is 11.6 Å². The van der Waals surface area contributed by atoms with Crippen LogP contribution < -0.4 is 9.62 Å². The Bertz CT molecular complexity index is 1380. The van der Waals surface area contributed by atoms with Crippen molar-refractivity contribution >= 4 is 39.1 Å². The second kappa shape index (κ2) is 12.4. The normalized spacial score (nSPS) is 12.2. The summed E-state index contributed by atoms with van der Waals surface area (Å²) >= 11 is 6.35. The molecule has 0 aliphatic rings. The molecule has 0 heterocycles. The third-order valence-electron chi connectivity index (χ3n) is 5.90. The van der Waals surface area contributed by atoms with Crippen LogP contribution in [0.15, 0.2) is 77.7 Å². The van der Waals surface area contributed by atoms with Gasteiger partial charge in [-0.25, -0.2) is 12.8 Å². The van der Waals surface area contributed by atoms with Crippen molar-refractivity contribution < 1.29 is 22.4 Å². The lowest BCUT2D eigenvalue weighted by molar-refractivity contribution is -0.139. The maximum atomic E-state index is 13.8. The number of hydrogen-bond acceptors (Lipinski definition) is 4. The third kappa shape index (κ3) is 7.11. The minimum absolute atomic E-state index is 0.0104. The highest BCUT2D eigenvalue weighted by Gasteiger charge is 2.33. The number of sulfonamides is 1. The van der Waals surface area contributed by atoms with E-state index in [1.165, 1.54) is 4.90 Å². The first-order valence-electron chi connectivity index (χ1n) is 12.1. The molecule has 0 bridgehead atoms. The maximum absolute atomic E-state index is 13.8. The van der Waals surface area contributed by atoms with E-state index < -0.39 is 34.3 Å². The molecule has 0 fully saturated rings. The highest BCUT2D eigenvalue weighted by atomic mass is 35.5. The second-order valence-corrected chi connectivity index (χ2v) is 11.5. The molecule has 10 heteroatoms. The molecule has 0 aliphatic carbocycles. The van der Waals surface area contributed by atoms with Crippen molar-refractivity contribution in [2.75, 3.05) is 10.8 Å². The number of carbonyl (C=O) groups excluding carboxylic acids is 2. The summed E-state index contributed by atoms with van der Waals surface area (Å²) in [5, 5.41) is 3.21. The van der Waals surface area contributed by atoms with Gasteiger partial charge in [-0.15, -0.1) is 0 Å². The molecular formula is C28H31ClFN3O4S. The number of nitrogens with zero attached hydrogens (tertiary/aromatic N) is 2. The van der Waals surface area contributed by atoms with Gasteiger partial charge < -0.3 is 10.2 Å². The van der Waals surface area contributed by atoms with E-state index in [2.05, 4.69) is 5.32 Å². The summed E-state index contributed by atoms with van der Waals surface area (Å²) < 4.78 is 41.9. The van der Waals surface area contributed by atoms with Gasteiger partial charge >= 0.3 is 0 Å². The van der Waals surface area contributed by atoms with Gasteiger partial charge in [0.25, 0.3) is 10.0 Å². The molecule has 2 amide bonds. The molecule has 3 rings (SSSR count). The van der Waals surface area contributed by atoms with Crippen molar-refractivity contribution in [1.29, 1.82) is 0 Å². The lowest BCUT2D eigenvalue weighted by Crippen LogP contribution is -2.52. The van der Waals surface area contributed by atoms with Crippen LogP contribution in [0.4, 0.5) is 10.1 Å². The van der Waals surface area contributed by atoms with Crippen molar-refractivity contribution in [2.45, 2.75) is 51.2 Å². The zero-order valence-corrected chi connectivity index (χ0v) is 23.3. The van der Waals surface area contributed by atoms with Crippen LogP contribution in [0.25, 0.3) is 0 Å². The fourth-order valence-electron chi connectivity index (χ4n) is 3.77. The SMILES string of the molecule is Cc1ccc(N(CC(=O)N(Cc2ccccc2Cl)[C@@H](C)C(=O)NC(C)C)S(=O)(=O)c2ccc(F)cc2)cc1. The summed E-state index contributed by atoms with van der Waals surface area (Å²) in [5.41, 5.74) is 1.76. The number of amides is 2. The summed E-state index contributed by atoms with van der Waals surface area (Å²) in [6.07, 6.45) is 0. The molecule has 0 saturated heterocycles. The number of halogens is 2. The van der Waals surface area contributed by atoms with E-state index in [1.807, 2.05) is 6.92 Å². The molecule has 3 aromatic rings. The maximum Gasteiger partial charge on any atom is 0.264 e. The van der Waals surface area contributed by atoms with E-state index in [9.17, 15) is 22.4 Å². The Kier molecular flexibility index (Phi) is 9.51. The highest BCUT2D eigenvalue weighted by molar-refractivity contribution is 7.92. The quantitative estimate of drug-likeness (QED) is 0.382. The smallest absolute Gasteiger partial charge is 0.264 e. The van der Waals surface area contributed by atoms with Gasteiger partial charge in [-0.3, -0.25) is 13.9 Å². The Hall–Kier alpha value is -3.43. The van der Waals surface area contributed by atoms with Crippen molar-refractivity contribution in [3.63, 3.8) is 0 Å². The zero-order chi connectivity index (χ0) is 28.0. The lowest BCUT2D eigenvalue weighted by Gasteiger charge is -2.32. The number of rotatable bonds is 10. The fraction of sp³-hybridized carbons (Fsp3) is 0.286. The van der Waals surface area contributed by atoms with Crippen molar-refractivity contribution in [3.05, 3.63) is 94.8 Å². The first-order chi connectivity index (χ1) is 17.9. The fourth-order valence-corrected chi connectivity index (χ4v) is 5.38. The van der Waals surface area contributed by atoms with E-state index >= 15 is 0 Å². The molecule has 202 valence electrons. The Labute approximate surface area is 228 Å². The van der Waals surface area contributed by atoms with Gasteiger partial charge in [-0.1, -0.05) is 47.5 Å². The number of hydrogen-bond donors (Lipinski definition) is 1. The Morgan fingerprint density at radius 1 is 0.947 bits per heavy atom. The monoisotopic (exact) mass is 559 g/mol. The molecule has 7 nitrogen and oxygen atoms in total. The average Bonchev–Trinajstić information content (AvgIpc) is 2.86. The molecule has 0 saturated carbocycles. The van der Waals surface area contributed by atoms with Gasteiger partial charge in [-0.05, 0) is 75.7 Å². The minimum Gasteiger partial charge on any atom is -0.352 e. The molecule has 1 N–H and O–H groups in total. The predicted molar refractivity (Wildman–Crippen MR) is 147 cm³/mol. The summed E-state index contributed by atoms with van der Waals surface area (Å²) in [5.74, 6) is -1.58. The molecule has 0 aromatic heterocycles. The Balaban J connectivity index is 2.03. The molecule has 0 radical (unpaired) electrons. The first-order valence-corrected chi connectivity index (χ1v) is 13.9. The molecule has 0 aliphatic heterocycles. The van der Waals surface area contributed by atoms with Crippen LogP contribution in [0.1, 0.15) is 31.9 Å². The Morgan fingerprint density at radius 2 is 1.55 bits per heavy atom. The van der Waals surface area contributed by atoms with E-state index in [0.29, 0.717) is 10.6 Å².